The number of alkyl carbamates (subject to hydrolysis) is 1. The van der Waals surface area contributed by atoms with Gasteiger partial charge in [0.1, 0.15) is 18.3 Å². The third kappa shape index (κ3) is 13.8. The van der Waals surface area contributed by atoms with Gasteiger partial charge in [0.2, 0.25) is 17.2 Å². The van der Waals surface area contributed by atoms with Gasteiger partial charge in [0.05, 0.1) is 97.7 Å². The molecule has 0 saturated carbocycles. The Kier molecular flexibility index (Phi) is 21.8. The lowest BCUT2D eigenvalue weighted by Crippen LogP contribution is -2.59. The van der Waals surface area contributed by atoms with E-state index in [2.05, 4.69) is 42.8 Å². The summed E-state index contributed by atoms with van der Waals surface area (Å²) in [6.45, 7) is 14.9. The summed E-state index contributed by atoms with van der Waals surface area (Å²) in [6.07, 6.45) is -7.66. The Hall–Kier alpha value is -3.83. The molecular weight excluding hydrogens is 1160 g/mol. The number of nitrogens with one attached hydrogen (secondary N) is 1. The van der Waals surface area contributed by atoms with E-state index in [1.807, 2.05) is 29.5 Å². The van der Waals surface area contributed by atoms with E-state index in [1.165, 1.54) is 26.4 Å². The summed E-state index contributed by atoms with van der Waals surface area (Å²) in [5.41, 5.74) is -1.30. The molecule has 4 heterocycles. The fraction of sp³-hybridized carbons (Fsp3) is 0.667. The first kappa shape index (κ1) is 62.8. The van der Waals surface area contributed by atoms with Crippen LogP contribution in [0, 0.1) is 57.8 Å². The normalized spacial score (nSPS) is 37.4. The van der Waals surface area contributed by atoms with Gasteiger partial charge in [-0.15, -0.1) is 0 Å². The number of methoxy groups -OCH3 is 3. The van der Waals surface area contributed by atoms with Crippen LogP contribution in [0.2, 0.25) is 0 Å². The van der Waals surface area contributed by atoms with Crippen molar-refractivity contribution in [1.82, 2.24) is 5.32 Å². The molecule has 0 radical (unpaired) electrons. The lowest BCUT2D eigenvalue weighted by Gasteiger charge is -2.46. The number of fused-ring (bicyclic) bond motifs is 2. The van der Waals surface area contributed by atoms with Crippen molar-refractivity contribution in [2.45, 2.75) is 185 Å². The predicted octanol–water partition coefficient (Wildman–Crippen LogP) is 5.37. The highest BCUT2D eigenvalue weighted by Crippen LogP contribution is 2.49. The Morgan fingerprint density at radius 3 is 2.25 bits per heavy atom. The molecule has 4 aliphatic heterocycles. The molecule has 436 valence electrons. The number of ether oxygens (including phenoxy) is 11. The molecule has 7 rings (SSSR count). The number of amides is 1. The molecule has 6 aliphatic rings. The first-order valence-electron chi connectivity index (χ1n) is 26.9. The second-order valence-corrected chi connectivity index (χ2v) is 23.2. The smallest absolute Gasteiger partial charge is 0.411 e. The van der Waals surface area contributed by atoms with Gasteiger partial charge in [-0.25, -0.2) is 4.79 Å². The molecule has 20 nitrogen and oxygen atoms in total. The predicted molar refractivity (Wildman–Crippen MR) is 295 cm³/mol. The Morgan fingerprint density at radius 1 is 0.886 bits per heavy atom. The van der Waals surface area contributed by atoms with Crippen LogP contribution in [0.5, 0.6) is 17.2 Å². The van der Waals surface area contributed by atoms with E-state index < -0.39 is 126 Å². The number of halogens is 1. The van der Waals surface area contributed by atoms with Crippen LogP contribution in [0.15, 0.2) is 35.1 Å². The van der Waals surface area contributed by atoms with Crippen LogP contribution >= 0.6 is 34.4 Å². The summed E-state index contributed by atoms with van der Waals surface area (Å²) < 4.78 is 68.0. The van der Waals surface area contributed by atoms with E-state index in [1.54, 1.807) is 40.7 Å². The summed E-state index contributed by atoms with van der Waals surface area (Å²) >= 11 is 2.90. The number of rotatable bonds is 17. The van der Waals surface area contributed by atoms with Crippen molar-refractivity contribution in [3.63, 3.8) is 0 Å². The van der Waals surface area contributed by atoms with E-state index in [9.17, 15) is 39.9 Å². The van der Waals surface area contributed by atoms with Crippen molar-refractivity contribution in [3.05, 3.63) is 49.8 Å². The van der Waals surface area contributed by atoms with Crippen molar-refractivity contribution in [2.24, 2.45) is 23.7 Å². The van der Waals surface area contributed by atoms with Crippen LogP contribution in [-0.2, 0) is 42.7 Å². The van der Waals surface area contributed by atoms with Crippen molar-refractivity contribution < 1.29 is 92.0 Å². The van der Waals surface area contributed by atoms with Crippen molar-refractivity contribution in [1.29, 1.82) is 0 Å². The number of aliphatic hydroxyl groups is 5. The highest BCUT2D eigenvalue weighted by Gasteiger charge is 2.51. The number of thioether (sulfide) groups is 1. The first-order chi connectivity index (χ1) is 37.6. The molecule has 6 N–H and O–H groups in total. The number of ketones is 1. The van der Waals surface area contributed by atoms with E-state index in [4.69, 9.17) is 52.1 Å². The molecule has 1 aromatic carbocycles. The Balaban J connectivity index is 1.10. The van der Waals surface area contributed by atoms with Gasteiger partial charge >= 0.3 is 6.09 Å². The van der Waals surface area contributed by atoms with E-state index in [-0.39, 0.29) is 58.6 Å². The molecule has 2 aliphatic carbocycles. The molecule has 19 atom stereocenters. The molecule has 0 spiro atoms. The highest BCUT2D eigenvalue weighted by atomic mass is 127. The maximum atomic E-state index is 14.4. The standard InChI is InChI=1S/C57H76INO19S/c1-12-18-33-25-71-39(22-27(33)3)77-50-47(64)34(30(6)74-55(50)76-38-20-16-14-15-17-21-57(67)24-37(61)44(59-56(66)70-11)42(38)35(57)19-13-2)26-72-40-23-36(60)52(32(8)73-40)79-53(65)41-28(4)43(58)49(51(69-10)48(41)68-9)78-54-46(63)29(5)45(62)31(7)75-54/h14-15,19,27,29-34,36,38-40,45-47,50,52,54-55,60,62-64,67H,12-13,18,22-26H2,1-11H3,(H,59,66)/b15-14-,35-19+/t27?,29?,30?,31?,32?,33?,34?,36?,38-,39?,40?,45?,46?,47?,50?,52?,54?,55?,57-/m0/s1. The minimum Gasteiger partial charge on any atom is -0.492 e. The highest BCUT2D eigenvalue weighted by molar-refractivity contribution is 14.1. The van der Waals surface area contributed by atoms with Gasteiger partial charge in [0.15, 0.2) is 41.8 Å². The van der Waals surface area contributed by atoms with Crippen molar-refractivity contribution >= 4 is 51.3 Å². The average Bonchev–Trinajstić information content (AvgIpc) is 3.46. The molecule has 22 heteroatoms. The molecule has 2 bridgehead atoms. The Bertz CT molecular complexity index is 2590. The third-order valence-electron chi connectivity index (χ3n) is 15.6. The van der Waals surface area contributed by atoms with Crippen LogP contribution in [0.4, 0.5) is 4.79 Å². The molecule has 1 aromatic rings. The summed E-state index contributed by atoms with van der Waals surface area (Å²) in [7, 11) is 3.93. The summed E-state index contributed by atoms with van der Waals surface area (Å²) in [5, 5.41) is 59.0. The molecule has 4 fully saturated rings. The topological polar surface area (TPSA) is 266 Å². The summed E-state index contributed by atoms with van der Waals surface area (Å²) in [4.78, 5) is 41.1. The molecule has 1 amide bonds. The second-order valence-electron chi connectivity index (χ2n) is 20.9. The fourth-order valence-electron chi connectivity index (χ4n) is 10.9. The summed E-state index contributed by atoms with van der Waals surface area (Å²) in [6, 6.07) is 0. The van der Waals surface area contributed by atoms with Crippen LogP contribution in [-0.4, -0.2) is 168 Å². The largest absolute Gasteiger partial charge is 0.492 e. The molecule has 4 saturated heterocycles. The van der Waals surface area contributed by atoms with Crippen LogP contribution in [0.1, 0.15) is 103 Å². The van der Waals surface area contributed by atoms with Crippen molar-refractivity contribution in [3.8, 4) is 40.9 Å². The maximum Gasteiger partial charge on any atom is 0.411 e. The SMILES string of the molecule is CC/C=C1\C2=C(NC(=O)OC)C(=O)C[C@@]1(O)C#C/C=C\C#C[C@@H]2OC1OC(C)C(COC2CC(O)C(SC(=O)c3c(C)c(I)c(OC4OC(C)C(O)C(C)C4O)c(OC)c3OC)C(C)O2)C(O)C1OC1CC(C)C(CCC)CO1. The monoisotopic (exact) mass is 1240 g/mol. The zero-order valence-electron chi connectivity index (χ0n) is 46.5. The number of aliphatic hydroxyl groups excluding tert-OH is 4. The van der Waals surface area contributed by atoms with Gasteiger partial charge in [0, 0.05) is 35.8 Å². The number of carbonyl (C=O) groups excluding carboxylic acids is 3. The fourth-order valence-corrected chi connectivity index (χ4v) is 12.7. The van der Waals surface area contributed by atoms with Crippen LogP contribution in [0.25, 0.3) is 0 Å². The Labute approximate surface area is 480 Å². The van der Waals surface area contributed by atoms with Gasteiger partial charge in [0.25, 0.3) is 0 Å². The minimum atomic E-state index is -1.99. The van der Waals surface area contributed by atoms with E-state index >= 15 is 0 Å². The minimum absolute atomic E-state index is 0.0359. The van der Waals surface area contributed by atoms with E-state index in [0.29, 0.717) is 34.5 Å². The zero-order valence-corrected chi connectivity index (χ0v) is 49.5. The molecular formula is C57H76INO19S. The number of Topliss-reactive ketones (excluding diaryl/α,β-unsaturated/α-hetero) is 1. The number of allylic oxidation sites excluding steroid dienone is 4. The number of carbonyl (C=O) groups is 3. The first-order valence-corrected chi connectivity index (χ1v) is 28.9. The zero-order chi connectivity index (χ0) is 57.6. The lowest BCUT2D eigenvalue weighted by molar-refractivity contribution is -0.337. The van der Waals surface area contributed by atoms with Gasteiger partial charge in [-0.05, 0) is 92.7 Å². The quantitative estimate of drug-likeness (QED) is 0.0846. The Morgan fingerprint density at radius 2 is 1.59 bits per heavy atom. The third-order valence-corrected chi connectivity index (χ3v) is 18.2. The van der Waals surface area contributed by atoms with Gasteiger partial charge in [-0.3, -0.25) is 14.9 Å². The van der Waals surface area contributed by atoms with Gasteiger partial charge < -0.3 is 77.6 Å². The van der Waals surface area contributed by atoms with Crippen LogP contribution < -0.4 is 19.5 Å². The number of benzene rings is 1. The molecule has 79 heavy (non-hydrogen) atoms. The van der Waals surface area contributed by atoms with E-state index in [0.717, 1.165) is 31.7 Å². The number of hydrogen-bond donors (Lipinski definition) is 6. The van der Waals surface area contributed by atoms with Crippen molar-refractivity contribution in [2.75, 3.05) is 34.5 Å². The molecule has 17 unspecified atom stereocenters. The maximum absolute atomic E-state index is 14.4. The molecule has 0 aromatic heterocycles. The number of hydrogen-bond acceptors (Lipinski definition) is 20. The van der Waals surface area contributed by atoms with Gasteiger partial charge in [-0.1, -0.05) is 75.6 Å². The second kappa shape index (κ2) is 27.5. The van der Waals surface area contributed by atoms with Crippen LogP contribution in [0.3, 0.4) is 0 Å². The lowest BCUT2D eigenvalue weighted by atomic mass is 9.75. The average molecular weight is 1240 g/mol. The van der Waals surface area contributed by atoms with Gasteiger partial charge in [-0.2, -0.15) is 0 Å². The summed E-state index contributed by atoms with van der Waals surface area (Å²) in [5.74, 6) is 10.4.